The van der Waals surface area contributed by atoms with Gasteiger partial charge in [-0.3, -0.25) is 4.40 Å². The van der Waals surface area contributed by atoms with E-state index < -0.39 is 12.1 Å². The van der Waals surface area contributed by atoms with Gasteiger partial charge >= 0.3 is 18.2 Å². The van der Waals surface area contributed by atoms with E-state index in [0.717, 1.165) is 16.5 Å². The van der Waals surface area contributed by atoms with Crippen LogP contribution >= 0.6 is 0 Å². The van der Waals surface area contributed by atoms with Crippen molar-refractivity contribution in [2.45, 2.75) is 6.18 Å². The molecule has 0 aliphatic rings. The number of nitrogens with two attached hydrogens (primary N) is 2. The molecule has 4 heterocycles. The van der Waals surface area contributed by atoms with Gasteiger partial charge in [0.25, 0.3) is 0 Å². The first-order valence-electron chi connectivity index (χ1n) is 8.11. The first-order valence-corrected chi connectivity index (χ1v) is 8.11. The van der Waals surface area contributed by atoms with E-state index in [0.29, 0.717) is 23.0 Å². The summed E-state index contributed by atoms with van der Waals surface area (Å²) in [5.41, 5.74) is 15.8. The van der Waals surface area contributed by atoms with Gasteiger partial charge in [-0.25, -0.2) is 19.7 Å². The smallest absolute Gasteiger partial charge is 0.475 e. The highest BCUT2D eigenvalue weighted by Gasteiger charge is 2.38. The molecule has 0 unspecified atom stereocenters. The molecule has 0 bridgehead atoms. The molecule has 0 radical (unpaired) electrons. The number of carbonyl (C=O) groups is 1. The number of rotatable bonds is 2. The maximum absolute atomic E-state index is 10.6. The second kappa shape index (κ2) is 7.69. The number of pyridine rings is 1. The first kappa shape index (κ1) is 20.6. The van der Waals surface area contributed by atoms with Crippen LogP contribution in [0.2, 0.25) is 0 Å². The minimum absolute atomic E-state index is 0.277. The van der Waals surface area contributed by atoms with Crippen molar-refractivity contribution in [2.24, 2.45) is 0 Å². The van der Waals surface area contributed by atoms with Gasteiger partial charge in [-0.15, -0.1) is 0 Å². The van der Waals surface area contributed by atoms with Crippen LogP contribution < -0.4 is 16.2 Å². The monoisotopic (exact) mass is 421 g/mol. The largest absolute Gasteiger partial charge is 0.490 e. The van der Waals surface area contributed by atoms with Gasteiger partial charge in [-0.2, -0.15) is 18.2 Å². The lowest BCUT2D eigenvalue weighted by Gasteiger charge is -2.04. The van der Waals surface area contributed by atoms with Crippen LogP contribution in [0, 0.1) is 0 Å². The number of ether oxygens (including phenoxy) is 1. The van der Waals surface area contributed by atoms with E-state index in [1.54, 1.807) is 35.1 Å². The SMILES string of the molecule is COc1nccc(-c2c3c(N)ccnc3n3c(N)nccc23)n1.O=C(O)C(F)(F)F. The van der Waals surface area contributed by atoms with Crippen molar-refractivity contribution in [3.05, 3.63) is 36.8 Å². The lowest BCUT2D eigenvalue weighted by Crippen LogP contribution is -2.21. The molecule has 0 saturated heterocycles. The number of methoxy groups -OCH3 is 1. The van der Waals surface area contributed by atoms with Gasteiger partial charge in [0.05, 0.1) is 23.7 Å². The van der Waals surface area contributed by atoms with Crippen LogP contribution in [0.15, 0.2) is 36.8 Å². The molecule has 0 aliphatic heterocycles. The van der Waals surface area contributed by atoms with Crippen molar-refractivity contribution in [3.63, 3.8) is 0 Å². The molecule has 4 aromatic rings. The Morgan fingerprint density at radius 2 is 1.73 bits per heavy atom. The van der Waals surface area contributed by atoms with Gasteiger partial charge in [-0.05, 0) is 18.2 Å². The van der Waals surface area contributed by atoms with E-state index in [-0.39, 0.29) is 6.01 Å². The van der Waals surface area contributed by atoms with Crippen molar-refractivity contribution in [3.8, 4) is 17.3 Å². The minimum Gasteiger partial charge on any atom is -0.475 e. The van der Waals surface area contributed by atoms with Crippen LogP contribution in [0.4, 0.5) is 24.8 Å². The zero-order valence-corrected chi connectivity index (χ0v) is 15.3. The van der Waals surface area contributed by atoms with Crippen molar-refractivity contribution >= 4 is 34.2 Å². The third kappa shape index (κ3) is 3.72. The van der Waals surface area contributed by atoms with Gasteiger partial charge in [-0.1, -0.05) is 0 Å². The predicted molar refractivity (Wildman–Crippen MR) is 101 cm³/mol. The molecule has 0 aliphatic carbocycles. The maximum atomic E-state index is 10.6. The molecule has 0 spiro atoms. The number of nitrogen functional groups attached to an aromatic ring is 2. The number of hydrogen-bond acceptors (Lipinski definition) is 8. The van der Waals surface area contributed by atoms with Gasteiger partial charge in [0.2, 0.25) is 5.95 Å². The Morgan fingerprint density at radius 1 is 1.10 bits per heavy atom. The summed E-state index contributed by atoms with van der Waals surface area (Å²) in [5.74, 6) is -2.43. The Hall–Kier alpha value is -4.16. The Morgan fingerprint density at radius 3 is 2.37 bits per heavy atom. The number of aromatic nitrogens is 5. The van der Waals surface area contributed by atoms with E-state index in [2.05, 4.69) is 19.9 Å². The van der Waals surface area contributed by atoms with Crippen LogP contribution in [0.1, 0.15) is 0 Å². The molecular formula is C17H14F3N7O3. The number of hydrogen-bond donors (Lipinski definition) is 3. The predicted octanol–water partition coefficient (Wildman–Crippen LogP) is 2.15. The summed E-state index contributed by atoms with van der Waals surface area (Å²) in [7, 11) is 1.52. The quantitative estimate of drug-likeness (QED) is 0.441. The van der Waals surface area contributed by atoms with Crippen LogP contribution in [0.3, 0.4) is 0 Å². The standard InChI is InChI=1S/C15H13N7O.C2HF3O2/c1-23-15-20-6-3-9(21-15)12-10-4-7-19-14(17)22(10)13-11(12)8(16)2-5-18-13;3-2(4,5)1(6)7/h2-7H,1H3,(H2,16,18)(H2,17,19);(H,6,7). The molecule has 4 aromatic heterocycles. The zero-order valence-electron chi connectivity index (χ0n) is 15.3. The molecular weight excluding hydrogens is 407 g/mol. The van der Waals surface area contributed by atoms with Crippen LogP contribution in [-0.4, -0.2) is 48.7 Å². The van der Waals surface area contributed by atoms with Gasteiger partial charge < -0.3 is 21.3 Å². The highest BCUT2D eigenvalue weighted by atomic mass is 19.4. The molecule has 0 fully saturated rings. The van der Waals surface area contributed by atoms with Gasteiger partial charge in [0.1, 0.15) is 5.65 Å². The first-order chi connectivity index (χ1) is 14.1. The average Bonchev–Trinajstić information content (AvgIpc) is 3.05. The number of carboxylic acids is 1. The summed E-state index contributed by atoms with van der Waals surface area (Å²) in [5, 5.41) is 7.90. The fourth-order valence-corrected chi connectivity index (χ4v) is 2.71. The summed E-state index contributed by atoms with van der Waals surface area (Å²) in [6.45, 7) is 0. The van der Waals surface area contributed by atoms with Crippen molar-refractivity contribution < 1.29 is 27.8 Å². The Balaban J connectivity index is 0.000000318. The Labute approximate surface area is 166 Å². The van der Waals surface area contributed by atoms with Gasteiger partial charge in [0.15, 0.2) is 0 Å². The average molecular weight is 421 g/mol. The molecule has 0 atom stereocenters. The number of halogens is 3. The normalized spacial score (nSPS) is 11.2. The second-order valence-electron chi connectivity index (χ2n) is 5.73. The summed E-state index contributed by atoms with van der Waals surface area (Å²) in [6, 6.07) is 5.66. The fourth-order valence-electron chi connectivity index (χ4n) is 2.71. The van der Waals surface area contributed by atoms with Crippen molar-refractivity contribution in [1.29, 1.82) is 0 Å². The summed E-state index contributed by atoms with van der Waals surface area (Å²) < 4.78 is 38.6. The van der Waals surface area contributed by atoms with E-state index >= 15 is 0 Å². The number of nitrogens with zero attached hydrogens (tertiary/aromatic N) is 5. The van der Waals surface area contributed by atoms with Crippen molar-refractivity contribution in [1.82, 2.24) is 24.3 Å². The number of fused-ring (bicyclic) bond motifs is 3. The van der Waals surface area contributed by atoms with Gasteiger partial charge in [0, 0.05) is 29.8 Å². The number of aliphatic carboxylic acids is 1. The van der Waals surface area contributed by atoms with E-state index in [9.17, 15) is 13.2 Å². The molecule has 4 rings (SSSR count). The topological polar surface area (TPSA) is 155 Å². The molecule has 0 amide bonds. The molecule has 5 N–H and O–H groups in total. The molecule has 0 saturated carbocycles. The second-order valence-corrected chi connectivity index (χ2v) is 5.73. The van der Waals surface area contributed by atoms with Crippen molar-refractivity contribution in [2.75, 3.05) is 18.6 Å². The van der Waals surface area contributed by atoms with Crippen LogP contribution in [0.25, 0.3) is 27.8 Å². The summed E-state index contributed by atoms with van der Waals surface area (Å²) in [6.07, 6.45) is -0.170. The molecule has 0 aromatic carbocycles. The lowest BCUT2D eigenvalue weighted by molar-refractivity contribution is -0.192. The third-order valence-electron chi connectivity index (χ3n) is 3.91. The molecule has 10 nitrogen and oxygen atoms in total. The molecule has 156 valence electrons. The zero-order chi connectivity index (χ0) is 22.1. The minimum atomic E-state index is -5.08. The highest BCUT2D eigenvalue weighted by molar-refractivity contribution is 6.09. The fraction of sp³-hybridized carbons (Fsp3) is 0.118. The van der Waals surface area contributed by atoms with E-state index in [1.165, 1.54) is 7.11 Å². The van der Waals surface area contributed by atoms with E-state index in [1.807, 2.05) is 6.07 Å². The third-order valence-corrected chi connectivity index (χ3v) is 3.91. The van der Waals surface area contributed by atoms with Crippen LogP contribution in [-0.2, 0) is 4.79 Å². The highest BCUT2D eigenvalue weighted by Crippen LogP contribution is 2.37. The molecule has 13 heteroatoms. The Kier molecular flexibility index (Phi) is 5.27. The number of anilines is 2. The van der Waals surface area contributed by atoms with Crippen LogP contribution in [0.5, 0.6) is 6.01 Å². The number of alkyl halides is 3. The lowest BCUT2D eigenvalue weighted by atomic mass is 10.1. The summed E-state index contributed by atoms with van der Waals surface area (Å²) in [4.78, 5) is 25.9. The Bertz CT molecular complexity index is 1240. The number of carboxylic acid groups (broad SMARTS) is 1. The summed E-state index contributed by atoms with van der Waals surface area (Å²) >= 11 is 0. The molecule has 30 heavy (non-hydrogen) atoms. The maximum Gasteiger partial charge on any atom is 0.490 e. The van der Waals surface area contributed by atoms with E-state index in [4.69, 9.17) is 26.1 Å².